The number of benzene rings is 1. The van der Waals surface area contributed by atoms with Crippen molar-refractivity contribution in [2.24, 2.45) is 0 Å². The molecule has 1 aromatic carbocycles. The van der Waals surface area contributed by atoms with Crippen LogP contribution in [0.15, 0.2) is 29.1 Å². The number of aromatic nitrogens is 2. The molecule has 3 heterocycles. The fourth-order valence-electron chi connectivity index (χ4n) is 4.11. The molecule has 2 aromatic rings. The predicted octanol–water partition coefficient (Wildman–Crippen LogP) is 2.99. The second-order valence-corrected chi connectivity index (χ2v) is 8.99. The smallest absolute Gasteiger partial charge is 0.264 e. The third kappa shape index (κ3) is 3.21. The number of rotatable bonds is 1. The number of carbonyl (C=O) groups is 1. The molecule has 0 saturated carbocycles. The molecule has 148 valence electrons. The van der Waals surface area contributed by atoms with E-state index in [1.54, 1.807) is 11.8 Å². The maximum atomic E-state index is 13.1. The lowest BCUT2D eigenvalue weighted by atomic mass is 9.90. The molecule has 6 nitrogen and oxygen atoms in total. The zero-order chi connectivity index (χ0) is 20.1. The van der Waals surface area contributed by atoms with E-state index >= 15 is 0 Å². The number of hydrogen-bond acceptors (Lipinski definition) is 4. The van der Waals surface area contributed by atoms with Crippen LogP contribution in [0.2, 0.25) is 0 Å². The van der Waals surface area contributed by atoms with Gasteiger partial charge in [-0.1, -0.05) is 39.0 Å². The van der Waals surface area contributed by atoms with E-state index in [1.165, 1.54) is 5.56 Å². The summed E-state index contributed by atoms with van der Waals surface area (Å²) in [6.07, 6.45) is 2.60. The third-order valence-corrected chi connectivity index (χ3v) is 5.78. The van der Waals surface area contributed by atoms with Gasteiger partial charge in [0.05, 0.1) is 12.2 Å². The largest absolute Gasteiger partial charge is 0.485 e. The van der Waals surface area contributed by atoms with E-state index in [0.29, 0.717) is 24.6 Å². The number of likely N-dealkylation sites (tertiary alicyclic amines) is 1. The van der Waals surface area contributed by atoms with E-state index in [0.717, 1.165) is 25.0 Å². The lowest BCUT2D eigenvalue weighted by molar-refractivity contribution is 0.0483. The number of ether oxygens (including phenoxy) is 1. The van der Waals surface area contributed by atoms with Gasteiger partial charge in [-0.05, 0) is 31.4 Å². The number of fused-ring (bicyclic) bond motifs is 1. The van der Waals surface area contributed by atoms with Gasteiger partial charge in [-0.2, -0.15) is 0 Å². The molecule has 4 rings (SSSR count). The van der Waals surface area contributed by atoms with Crippen molar-refractivity contribution in [3.8, 4) is 5.75 Å². The van der Waals surface area contributed by atoms with Crippen molar-refractivity contribution in [1.82, 2.24) is 14.9 Å². The van der Waals surface area contributed by atoms with E-state index in [9.17, 15) is 9.59 Å². The Labute approximate surface area is 164 Å². The highest BCUT2D eigenvalue weighted by atomic mass is 16.5. The molecule has 2 aliphatic rings. The fraction of sp³-hybridized carbons (Fsp3) is 0.500. The van der Waals surface area contributed by atoms with Crippen molar-refractivity contribution >= 4 is 5.91 Å². The number of para-hydroxylation sites is 1. The van der Waals surface area contributed by atoms with Crippen LogP contribution in [0.3, 0.4) is 0 Å². The van der Waals surface area contributed by atoms with Crippen LogP contribution in [-0.4, -0.2) is 39.5 Å². The van der Waals surface area contributed by atoms with E-state index in [-0.39, 0.29) is 28.0 Å². The molecule has 1 fully saturated rings. The van der Waals surface area contributed by atoms with Gasteiger partial charge in [0.2, 0.25) is 0 Å². The van der Waals surface area contributed by atoms with Gasteiger partial charge in [0.25, 0.3) is 11.5 Å². The number of nitrogens with zero attached hydrogens (tertiary/aromatic N) is 2. The lowest BCUT2D eigenvalue weighted by Crippen LogP contribution is -2.44. The minimum Gasteiger partial charge on any atom is -0.485 e. The molecule has 2 aliphatic heterocycles. The summed E-state index contributed by atoms with van der Waals surface area (Å²) in [4.78, 5) is 34.8. The maximum Gasteiger partial charge on any atom is 0.264 e. The Morgan fingerprint density at radius 1 is 1.25 bits per heavy atom. The second-order valence-electron chi connectivity index (χ2n) is 8.99. The van der Waals surface area contributed by atoms with Crippen LogP contribution >= 0.6 is 0 Å². The van der Waals surface area contributed by atoms with E-state index in [2.05, 4.69) is 16.0 Å². The molecule has 1 aromatic heterocycles. The Morgan fingerprint density at radius 2 is 2.00 bits per heavy atom. The quantitative estimate of drug-likeness (QED) is 0.824. The molecule has 1 atom stereocenters. The Hall–Kier alpha value is -2.63. The zero-order valence-electron chi connectivity index (χ0n) is 17.0. The van der Waals surface area contributed by atoms with Crippen molar-refractivity contribution < 1.29 is 9.53 Å². The molecular weight excluding hydrogens is 354 g/mol. The van der Waals surface area contributed by atoms with Gasteiger partial charge in [0.1, 0.15) is 22.7 Å². The van der Waals surface area contributed by atoms with Crippen LogP contribution in [0.1, 0.15) is 61.1 Å². The van der Waals surface area contributed by atoms with Crippen LogP contribution in [0.5, 0.6) is 5.75 Å². The first-order chi connectivity index (χ1) is 13.2. The number of carbonyl (C=O) groups excluding carboxylic acids is 1. The second kappa shape index (κ2) is 6.47. The first-order valence-electron chi connectivity index (χ1n) is 9.86. The van der Waals surface area contributed by atoms with Crippen LogP contribution < -0.4 is 10.3 Å². The number of aryl methyl sites for hydroxylation is 2. The maximum absolute atomic E-state index is 13.1. The molecule has 6 heteroatoms. The molecule has 1 spiro atoms. The van der Waals surface area contributed by atoms with Crippen molar-refractivity contribution in [3.63, 3.8) is 0 Å². The lowest BCUT2D eigenvalue weighted by Gasteiger charge is -2.35. The zero-order valence-corrected chi connectivity index (χ0v) is 17.0. The normalized spacial score (nSPS) is 21.5. The summed E-state index contributed by atoms with van der Waals surface area (Å²) < 4.78 is 6.33. The highest BCUT2D eigenvalue weighted by Gasteiger charge is 2.44. The summed E-state index contributed by atoms with van der Waals surface area (Å²) in [6, 6.07) is 8.07. The highest BCUT2D eigenvalue weighted by Crippen LogP contribution is 2.38. The monoisotopic (exact) mass is 381 g/mol. The van der Waals surface area contributed by atoms with Crippen molar-refractivity contribution in [1.29, 1.82) is 0 Å². The minimum atomic E-state index is -0.363. The number of amides is 1. The number of hydrogen-bond donors (Lipinski definition) is 1. The predicted molar refractivity (Wildman–Crippen MR) is 107 cm³/mol. The van der Waals surface area contributed by atoms with Crippen LogP contribution in [0.4, 0.5) is 0 Å². The Morgan fingerprint density at radius 3 is 2.71 bits per heavy atom. The van der Waals surface area contributed by atoms with Crippen LogP contribution in [0, 0.1) is 6.92 Å². The molecule has 0 radical (unpaired) electrons. The Bertz CT molecular complexity index is 989. The number of aromatic amines is 1. The van der Waals surface area contributed by atoms with Crippen LogP contribution in [0.25, 0.3) is 0 Å². The van der Waals surface area contributed by atoms with Gasteiger partial charge in [-0.25, -0.2) is 4.98 Å². The van der Waals surface area contributed by atoms with Crippen molar-refractivity contribution in [3.05, 3.63) is 57.3 Å². The third-order valence-electron chi connectivity index (χ3n) is 5.78. The summed E-state index contributed by atoms with van der Waals surface area (Å²) in [7, 11) is 0. The average Bonchev–Trinajstić information content (AvgIpc) is 3.03. The molecule has 1 amide bonds. The summed E-state index contributed by atoms with van der Waals surface area (Å²) in [5.74, 6) is 1.25. The van der Waals surface area contributed by atoms with Gasteiger partial charge < -0.3 is 14.6 Å². The van der Waals surface area contributed by atoms with E-state index in [1.807, 2.05) is 39.0 Å². The van der Waals surface area contributed by atoms with E-state index < -0.39 is 0 Å². The van der Waals surface area contributed by atoms with Gasteiger partial charge in [-0.3, -0.25) is 9.59 Å². The highest BCUT2D eigenvalue weighted by molar-refractivity contribution is 5.95. The molecule has 1 N–H and O–H groups in total. The molecular formula is C22H27N3O3. The summed E-state index contributed by atoms with van der Waals surface area (Å²) in [5, 5.41) is 0. The number of H-pyrrole nitrogens is 1. The van der Waals surface area contributed by atoms with Crippen molar-refractivity contribution in [2.45, 2.75) is 58.0 Å². The molecule has 1 saturated heterocycles. The standard InChI is InChI=1S/C22H27N3O3/c1-14-17(18(26)24-20(23-14)21(2,3)4)19(27)25-12-11-22(13-25)10-9-15-7-5-6-8-16(15)28-22/h5-8H,9-13H2,1-4H3,(H,23,24,26). The van der Waals surface area contributed by atoms with E-state index in [4.69, 9.17) is 4.74 Å². The van der Waals surface area contributed by atoms with Crippen molar-refractivity contribution in [2.75, 3.05) is 13.1 Å². The van der Waals surface area contributed by atoms with Gasteiger partial charge in [0.15, 0.2) is 0 Å². The SMILES string of the molecule is Cc1nc(C(C)(C)C)[nH]c(=O)c1C(=O)N1CCC2(CCc3ccccc3O2)C1. The first-order valence-corrected chi connectivity index (χ1v) is 9.86. The minimum absolute atomic E-state index is 0.140. The Kier molecular flexibility index (Phi) is 4.32. The molecule has 0 bridgehead atoms. The summed E-state index contributed by atoms with van der Waals surface area (Å²) in [5.41, 5.74) is 0.830. The molecule has 1 unspecified atom stereocenters. The number of nitrogens with one attached hydrogen (secondary N) is 1. The first kappa shape index (κ1) is 18.7. The summed E-state index contributed by atoms with van der Waals surface area (Å²) in [6.45, 7) is 8.76. The fourth-order valence-corrected chi connectivity index (χ4v) is 4.11. The Balaban J connectivity index is 1.57. The molecule has 28 heavy (non-hydrogen) atoms. The average molecular weight is 381 g/mol. The van der Waals surface area contributed by atoms with Gasteiger partial charge in [0, 0.05) is 18.4 Å². The van der Waals surface area contributed by atoms with Gasteiger partial charge >= 0.3 is 0 Å². The van der Waals surface area contributed by atoms with Crippen LogP contribution in [-0.2, 0) is 11.8 Å². The topological polar surface area (TPSA) is 75.3 Å². The molecule has 0 aliphatic carbocycles. The summed E-state index contributed by atoms with van der Waals surface area (Å²) >= 11 is 0. The van der Waals surface area contributed by atoms with Gasteiger partial charge in [-0.15, -0.1) is 0 Å².